The van der Waals surface area contributed by atoms with Gasteiger partial charge in [-0.15, -0.1) is 0 Å². The van der Waals surface area contributed by atoms with Crippen LogP contribution in [0.5, 0.6) is 0 Å². The third kappa shape index (κ3) is 5.59. The molecule has 0 spiro atoms. The summed E-state index contributed by atoms with van der Waals surface area (Å²) in [5, 5.41) is 11.2. The summed E-state index contributed by atoms with van der Waals surface area (Å²) in [6.07, 6.45) is 0. The lowest BCUT2D eigenvalue weighted by atomic mass is 9.65. The lowest BCUT2D eigenvalue weighted by Gasteiger charge is -2.37. The van der Waals surface area contributed by atoms with Crippen LogP contribution in [0.1, 0.15) is 50.7 Å². The summed E-state index contributed by atoms with van der Waals surface area (Å²) in [6, 6.07) is 14.0. The lowest BCUT2D eigenvalue weighted by Crippen LogP contribution is -2.47. The summed E-state index contributed by atoms with van der Waals surface area (Å²) >= 11 is 0. The summed E-state index contributed by atoms with van der Waals surface area (Å²) in [6.45, 7) is 6.28. The van der Waals surface area contributed by atoms with Crippen LogP contribution in [0.3, 0.4) is 0 Å². The van der Waals surface area contributed by atoms with E-state index in [1.54, 1.807) is 51.1 Å². The number of hydrogen-bond acceptors (Lipinski definition) is 8. The quantitative estimate of drug-likeness (QED) is 0.157. The highest BCUT2D eigenvalue weighted by molar-refractivity contribution is 6.02. The molecule has 0 fully saturated rings. The van der Waals surface area contributed by atoms with Crippen LogP contribution >= 0.6 is 0 Å². The molecule has 2 rings (SSSR count). The van der Waals surface area contributed by atoms with Crippen LogP contribution < -0.4 is 0 Å². The molecular formula is C25H29NO8. The molecule has 0 amide bonds. The number of ether oxygens (including phenoxy) is 3. The zero-order valence-electron chi connectivity index (χ0n) is 19.7. The Labute approximate surface area is 198 Å². The van der Waals surface area contributed by atoms with Crippen LogP contribution in [0.2, 0.25) is 0 Å². The van der Waals surface area contributed by atoms with Crippen molar-refractivity contribution in [1.29, 1.82) is 0 Å². The van der Waals surface area contributed by atoms with Gasteiger partial charge in [0.1, 0.15) is 0 Å². The monoisotopic (exact) mass is 471 g/mol. The van der Waals surface area contributed by atoms with E-state index < -0.39 is 40.1 Å². The molecule has 0 aliphatic carbocycles. The van der Waals surface area contributed by atoms with E-state index in [1.165, 1.54) is 31.2 Å². The van der Waals surface area contributed by atoms with Gasteiger partial charge in [-0.25, -0.2) is 0 Å². The van der Waals surface area contributed by atoms with Gasteiger partial charge in [-0.05, 0) is 38.8 Å². The first-order valence-corrected chi connectivity index (χ1v) is 11.0. The van der Waals surface area contributed by atoms with Gasteiger partial charge in [-0.2, -0.15) is 0 Å². The summed E-state index contributed by atoms with van der Waals surface area (Å²) < 4.78 is 15.9. The molecule has 2 atom stereocenters. The minimum Gasteiger partial charge on any atom is -0.466 e. The first kappa shape index (κ1) is 26.5. The number of rotatable bonds is 11. The zero-order valence-corrected chi connectivity index (χ0v) is 19.7. The third-order valence-electron chi connectivity index (χ3n) is 5.52. The average molecular weight is 472 g/mol. The van der Waals surface area contributed by atoms with Crippen molar-refractivity contribution in [3.63, 3.8) is 0 Å². The molecule has 2 aromatic carbocycles. The van der Waals surface area contributed by atoms with Crippen molar-refractivity contribution >= 4 is 23.6 Å². The van der Waals surface area contributed by atoms with Crippen LogP contribution in [0.4, 0.5) is 5.69 Å². The van der Waals surface area contributed by atoms with Gasteiger partial charge in [0.2, 0.25) is 0 Å². The van der Waals surface area contributed by atoms with Crippen molar-refractivity contribution in [2.24, 2.45) is 5.41 Å². The highest BCUT2D eigenvalue weighted by Crippen LogP contribution is 2.48. The molecule has 0 aliphatic rings. The number of carbonyl (C=O) groups excluding carboxylic acids is 3. The molecule has 0 aromatic heterocycles. The summed E-state index contributed by atoms with van der Waals surface area (Å²) in [7, 11) is 0. The first-order chi connectivity index (χ1) is 16.2. The maximum atomic E-state index is 13.3. The molecule has 0 aliphatic heterocycles. The summed E-state index contributed by atoms with van der Waals surface area (Å²) in [4.78, 5) is 50.6. The number of benzene rings is 2. The predicted molar refractivity (Wildman–Crippen MR) is 123 cm³/mol. The van der Waals surface area contributed by atoms with E-state index in [2.05, 4.69) is 0 Å². The Balaban J connectivity index is 2.86. The molecule has 0 N–H and O–H groups in total. The van der Waals surface area contributed by atoms with Gasteiger partial charge < -0.3 is 14.2 Å². The zero-order chi connectivity index (χ0) is 25.3. The maximum Gasteiger partial charge on any atom is 0.323 e. The highest BCUT2D eigenvalue weighted by Gasteiger charge is 2.56. The predicted octanol–water partition coefficient (Wildman–Crippen LogP) is 4.16. The highest BCUT2D eigenvalue weighted by atomic mass is 16.6. The van der Waals surface area contributed by atoms with Crippen LogP contribution in [0.15, 0.2) is 54.6 Å². The van der Waals surface area contributed by atoms with Gasteiger partial charge in [0.15, 0.2) is 5.41 Å². The number of hydrogen-bond donors (Lipinski definition) is 0. The standard InChI is InChI=1S/C25H29NO8/c1-5-32-22(27)20(17-11-9-8-10-12-17)21(18-13-15-19(16-14-18)26(30)31)25(4,23(28)33-6-2)24(29)34-7-3/h8-16,20-21H,5-7H2,1-4H3. The van der Waals surface area contributed by atoms with Gasteiger partial charge in [-0.1, -0.05) is 42.5 Å². The largest absolute Gasteiger partial charge is 0.466 e. The fourth-order valence-corrected chi connectivity index (χ4v) is 3.92. The molecule has 2 aromatic rings. The second-order valence-electron chi connectivity index (χ2n) is 7.61. The Morgan fingerprint density at radius 3 is 1.76 bits per heavy atom. The average Bonchev–Trinajstić information content (AvgIpc) is 2.83. The SMILES string of the molecule is CCOC(=O)C(c1ccccc1)C(c1ccc([N+](=O)[O-])cc1)C(C)(C(=O)OCC)C(=O)OCC. The molecule has 9 heteroatoms. The van der Waals surface area contributed by atoms with Gasteiger partial charge >= 0.3 is 17.9 Å². The van der Waals surface area contributed by atoms with Crippen molar-refractivity contribution in [3.05, 3.63) is 75.8 Å². The van der Waals surface area contributed by atoms with Crippen molar-refractivity contribution in [1.82, 2.24) is 0 Å². The van der Waals surface area contributed by atoms with Crippen LogP contribution in [-0.2, 0) is 28.6 Å². The normalized spacial score (nSPS) is 12.8. The van der Waals surface area contributed by atoms with Crippen LogP contribution in [0.25, 0.3) is 0 Å². The third-order valence-corrected chi connectivity index (χ3v) is 5.52. The fraction of sp³-hybridized carbons (Fsp3) is 0.400. The maximum absolute atomic E-state index is 13.3. The molecule has 0 bridgehead atoms. The Morgan fingerprint density at radius 2 is 1.32 bits per heavy atom. The Bertz CT molecular complexity index is 985. The molecule has 0 heterocycles. The minimum absolute atomic E-state index is 0.00375. The van der Waals surface area contributed by atoms with E-state index in [1.807, 2.05) is 0 Å². The number of nitro groups is 1. The van der Waals surface area contributed by atoms with E-state index in [4.69, 9.17) is 14.2 Å². The topological polar surface area (TPSA) is 122 Å². The lowest BCUT2D eigenvalue weighted by molar-refractivity contribution is -0.384. The molecule has 0 saturated heterocycles. The number of carbonyl (C=O) groups is 3. The van der Waals surface area contributed by atoms with E-state index in [-0.39, 0.29) is 25.5 Å². The number of esters is 3. The Hall–Kier alpha value is -3.75. The molecule has 0 radical (unpaired) electrons. The van der Waals surface area contributed by atoms with E-state index in [0.717, 1.165) is 0 Å². The van der Waals surface area contributed by atoms with Crippen molar-refractivity contribution in [3.8, 4) is 0 Å². The minimum atomic E-state index is -1.96. The van der Waals surface area contributed by atoms with Crippen molar-refractivity contribution < 1.29 is 33.5 Å². The van der Waals surface area contributed by atoms with Crippen LogP contribution in [0, 0.1) is 15.5 Å². The first-order valence-electron chi connectivity index (χ1n) is 11.0. The Kier molecular flexibility index (Phi) is 9.29. The van der Waals surface area contributed by atoms with Crippen molar-refractivity contribution in [2.75, 3.05) is 19.8 Å². The second-order valence-corrected chi connectivity index (χ2v) is 7.61. The number of nitro benzene ring substituents is 1. The van der Waals surface area contributed by atoms with Gasteiger partial charge in [0.05, 0.1) is 30.7 Å². The molecule has 2 unspecified atom stereocenters. The smallest absolute Gasteiger partial charge is 0.323 e. The molecule has 34 heavy (non-hydrogen) atoms. The van der Waals surface area contributed by atoms with E-state index in [0.29, 0.717) is 11.1 Å². The molecule has 0 saturated carbocycles. The number of nitrogens with zero attached hydrogens (tertiary/aromatic N) is 1. The summed E-state index contributed by atoms with van der Waals surface area (Å²) in [5.74, 6) is -4.66. The molecular weight excluding hydrogens is 442 g/mol. The van der Waals surface area contributed by atoms with Crippen molar-refractivity contribution in [2.45, 2.75) is 39.5 Å². The van der Waals surface area contributed by atoms with Gasteiger partial charge in [-0.3, -0.25) is 24.5 Å². The fourth-order valence-electron chi connectivity index (χ4n) is 3.92. The summed E-state index contributed by atoms with van der Waals surface area (Å²) in [5.41, 5.74) is -1.29. The van der Waals surface area contributed by atoms with Crippen LogP contribution in [-0.4, -0.2) is 42.7 Å². The number of non-ortho nitro benzene ring substituents is 1. The molecule has 182 valence electrons. The van der Waals surface area contributed by atoms with E-state index in [9.17, 15) is 24.5 Å². The Morgan fingerprint density at radius 1 is 0.824 bits per heavy atom. The second kappa shape index (κ2) is 11.9. The van der Waals surface area contributed by atoms with Gasteiger partial charge in [0.25, 0.3) is 5.69 Å². The van der Waals surface area contributed by atoms with E-state index >= 15 is 0 Å². The van der Waals surface area contributed by atoms with Gasteiger partial charge in [0, 0.05) is 18.1 Å². The molecule has 9 nitrogen and oxygen atoms in total.